The molecular formula is C20H25N3O2. The van der Waals surface area contributed by atoms with Crippen LogP contribution in [-0.2, 0) is 4.74 Å². The van der Waals surface area contributed by atoms with Crippen LogP contribution in [0.5, 0.6) is 0 Å². The third-order valence-corrected chi connectivity index (χ3v) is 5.97. The van der Waals surface area contributed by atoms with Gasteiger partial charge < -0.3 is 14.5 Å². The van der Waals surface area contributed by atoms with E-state index >= 15 is 0 Å². The Morgan fingerprint density at radius 3 is 2.92 bits per heavy atom. The molecule has 0 unspecified atom stereocenters. The minimum absolute atomic E-state index is 0.0439. The first-order valence-corrected chi connectivity index (χ1v) is 9.38. The van der Waals surface area contributed by atoms with Crippen molar-refractivity contribution < 1.29 is 9.53 Å². The van der Waals surface area contributed by atoms with E-state index in [9.17, 15) is 4.79 Å². The van der Waals surface area contributed by atoms with Crippen LogP contribution < -0.4 is 0 Å². The summed E-state index contributed by atoms with van der Waals surface area (Å²) < 4.78 is 6.11. The fraction of sp³-hybridized carbons (Fsp3) is 0.600. The largest absolute Gasteiger partial charge is 0.376 e. The van der Waals surface area contributed by atoms with E-state index in [1.807, 2.05) is 11.0 Å². The molecule has 1 amide bonds. The fourth-order valence-electron chi connectivity index (χ4n) is 4.53. The lowest BCUT2D eigenvalue weighted by Crippen LogP contribution is -2.47. The quantitative estimate of drug-likeness (QED) is 0.846. The van der Waals surface area contributed by atoms with Crippen LogP contribution in [0.15, 0.2) is 24.3 Å². The Labute approximate surface area is 149 Å². The molecule has 0 aliphatic carbocycles. The SMILES string of the molecule is N#Cc1cccc(C(=O)N2CC[C@H]3CO[C@H](CN4CCCC4)[C@H]3C2)c1. The third kappa shape index (κ3) is 3.42. The second-order valence-corrected chi connectivity index (χ2v) is 7.54. The number of benzene rings is 1. The maximum Gasteiger partial charge on any atom is 0.253 e. The number of fused-ring (bicyclic) bond motifs is 1. The van der Waals surface area contributed by atoms with Gasteiger partial charge in [-0.05, 0) is 56.5 Å². The molecule has 1 aromatic rings. The fourth-order valence-corrected chi connectivity index (χ4v) is 4.53. The van der Waals surface area contributed by atoms with Crippen molar-refractivity contribution >= 4 is 5.91 Å². The summed E-state index contributed by atoms with van der Waals surface area (Å²) in [6, 6.07) is 9.14. The smallest absolute Gasteiger partial charge is 0.253 e. The van der Waals surface area contributed by atoms with Crippen LogP contribution in [0.3, 0.4) is 0 Å². The molecule has 3 aliphatic heterocycles. The highest BCUT2D eigenvalue weighted by Gasteiger charge is 2.42. The van der Waals surface area contributed by atoms with E-state index in [2.05, 4.69) is 11.0 Å². The van der Waals surface area contributed by atoms with Crippen LogP contribution >= 0.6 is 0 Å². The van der Waals surface area contributed by atoms with E-state index < -0.39 is 0 Å². The molecular weight excluding hydrogens is 314 g/mol. The van der Waals surface area contributed by atoms with Gasteiger partial charge in [0.05, 0.1) is 24.3 Å². The third-order valence-electron chi connectivity index (χ3n) is 5.97. The van der Waals surface area contributed by atoms with Crippen molar-refractivity contribution in [1.29, 1.82) is 5.26 Å². The van der Waals surface area contributed by atoms with Crippen molar-refractivity contribution in [1.82, 2.24) is 9.80 Å². The minimum Gasteiger partial charge on any atom is -0.376 e. The molecule has 0 N–H and O–H groups in total. The number of hydrogen-bond acceptors (Lipinski definition) is 4. The van der Waals surface area contributed by atoms with Crippen molar-refractivity contribution in [2.45, 2.75) is 25.4 Å². The Hall–Kier alpha value is -1.90. The van der Waals surface area contributed by atoms with Gasteiger partial charge in [0.2, 0.25) is 0 Å². The predicted molar refractivity (Wildman–Crippen MR) is 94.1 cm³/mol. The van der Waals surface area contributed by atoms with E-state index in [0.717, 1.165) is 32.7 Å². The second kappa shape index (κ2) is 7.15. The van der Waals surface area contributed by atoms with Gasteiger partial charge in [-0.15, -0.1) is 0 Å². The predicted octanol–water partition coefficient (Wildman–Crippen LogP) is 2.13. The molecule has 0 bridgehead atoms. The number of nitrogens with zero attached hydrogens (tertiary/aromatic N) is 3. The second-order valence-electron chi connectivity index (χ2n) is 7.54. The lowest BCUT2D eigenvalue weighted by molar-refractivity contribution is 0.0436. The lowest BCUT2D eigenvalue weighted by Gasteiger charge is -2.37. The molecule has 3 heterocycles. The number of amides is 1. The molecule has 0 aromatic heterocycles. The highest BCUT2D eigenvalue weighted by atomic mass is 16.5. The van der Waals surface area contributed by atoms with Crippen LogP contribution in [0.4, 0.5) is 0 Å². The average molecular weight is 339 g/mol. The van der Waals surface area contributed by atoms with Crippen molar-refractivity contribution in [3.05, 3.63) is 35.4 Å². The number of carbonyl (C=O) groups is 1. The molecule has 3 atom stereocenters. The van der Waals surface area contributed by atoms with Crippen LogP contribution in [0, 0.1) is 23.2 Å². The summed E-state index contributed by atoms with van der Waals surface area (Å²) in [5.74, 6) is 1.07. The number of carbonyl (C=O) groups excluding carboxylic acids is 1. The topological polar surface area (TPSA) is 56.6 Å². The number of rotatable bonds is 3. The summed E-state index contributed by atoms with van der Waals surface area (Å²) in [5, 5.41) is 9.05. The zero-order valence-corrected chi connectivity index (χ0v) is 14.6. The maximum absolute atomic E-state index is 12.9. The van der Waals surface area contributed by atoms with Gasteiger partial charge in [-0.1, -0.05) is 6.07 Å². The number of nitriles is 1. The van der Waals surface area contributed by atoms with Gasteiger partial charge >= 0.3 is 0 Å². The highest BCUT2D eigenvalue weighted by molar-refractivity contribution is 5.94. The van der Waals surface area contributed by atoms with Crippen LogP contribution in [-0.4, -0.2) is 61.1 Å². The standard InChI is InChI=1S/C20H25N3O2/c21-11-15-4-3-5-16(10-15)20(24)23-9-6-17-14-25-19(18(17)12-23)13-22-7-1-2-8-22/h3-5,10,17-19H,1-2,6-9,12-14H2/t17-,18-,19+/m0/s1. The number of piperidine rings is 1. The monoisotopic (exact) mass is 339 g/mol. The normalized spacial score (nSPS) is 29.4. The van der Waals surface area contributed by atoms with Crippen LogP contribution in [0.25, 0.3) is 0 Å². The molecule has 5 heteroatoms. The van der Waals surface area contributed by atoms with Gasteiger partial charge in [-0.3, -0.25) is 4.79 Å². The number of ether oxygens (including phenoxy) is 1. The highest BCUT2D eigenvalue weighted by Crippen LogP contribution is 2.35. The Morgan fingerprint density at radius 2 is 2.12 bits per heavy atom. The van der Waals surface area contributed by atoms with Gasteiger partial charge in [0.1, 0.15) is 0 Å². The van der Waals surface area contributed by atoms with E-state index in [4.69, 9.17) is 10.00 Å². The van der Waals surface area contributed by atoms with Gasteiger partial charge in [0.25, 0.3) is 5.91 Å². The first kappa shape index (κ1) is 16.6. The summed E-state index contributed by atoms with van der Waals surface area (Å²) >= 11 is 0. The van der Waals surface area contributed by atoms with Crippen LogP contribution in [0.1, 0.15) is 35.2 Å². The van der Waals surface area contributed by atoms with Crippen molar-refractivity contribution in [2.24, 2.45) is 11.8 Å². The molecule has 25 heavy (non-hydrogen) atoms. The molecule has 1 aromatic carbocycles. The number of likely N-dealkylation sites (tertiary alicyclic amines) is 2. The van der Waals surface area contributed by atoms with E-state index in [1.165, 1.54) is 25.9 Å². The molecule has 0 radical (unpaired) electrons. The molecule has 3 fully saturated rings. The zero-order valence-electron chi connectivity index (χ0n) is 14.6. The first-order valence-electron chi connectivity index (χ1n) is 9.38. The summed E-state index contributed by atoms with van der Waals surface area (Å²) in [5.41, 5.74) is 1.16. The zero-order chi connectivity index (χ0) is 17.2. The Kier molecular flexibility index (Phi) is 4.74. The summed E-state index contributed by atoms with van der Waals surface area (Å²) in [4.78, 5) is 17.3. The van der Waals surface area contributed by atoms with Crippen molar-refractivity contribution in [3.8, 4) is 6.07 Å². The minimum atomic E-state index is 0.0439. The number of hydrogen-bond donors (Lipinski definition) is 0. The molecule has 3 saturated heterocycles. The van der Waals surface area contributed by atoms with Gasteiger partial charge in [-0.25, -0.2) is 0 Å². The molecule has 0 spiro atoms. The summed E-state index contributed by atoms with van der Waals surface area (Å²) in [6.45, 7) is 5.78. The Morgan fingerprint density at radius 1 is 1.28 bits per heavy atom. The Bertz CT molecular complexity index is 678. The van der Waals surface area contributed by atoms with E-state index in [0.29, 0.717) is 23.0 Å². The van der Waals surface area contributed by atoms with Gasteiger partial charge in [0, 0.05) is 31.1 Å². The van der Waals surface area contributed by atoms with Crippen molar-refractivity contribution in [3.63, 3.8) is 0 Å². The summed E-state index contributed by atoms with van der Waals surface area (Å²) in [7, 11) is 0. The first-order chi connectivity index (χ1) is 12.2. The molecule has 4 rings (SSSR count). The van der Waals surface area contributed by atoms with E-state index in [-0.39, 0.29) is 12.0 Å². The van der Waals surface area contributed by atoms with Gasteiger partial charge in [0.15, 0.2) is 0 Å². The Balaban J connectivity index is 1.44. The average Bonchev–Trinajstić information content (AvgIpc) is 3.31. The molecule has 132 valence electrons. The maximum atomic E-state index is 12.9. The molecule has 3 aliphatic rings. The van der Waals surface area contributed by atoms with Crippen molar-refractivity contribution in [2.75, 3.05) is 39.3 Å². The molecule has 0 saturated carbocycles. The van der Waals surface area contributed by atoms with E-state index in [1.54, 1.807) is 18.2 Å². The van der Waals surface area contributed by atoms with Gasteiger partial charge in [-0.2, -0.15) is 5.26 Å². The lowest BCUT2D eigenvalue weighted by atomic mass is 9.84. The molecule has 5 nitrogen and oxygen atoms in total. The van der Waals surface area contributed by atoms with Crippen LogP contribution in [0.2, 0.25) is 0 Å². The summed E-state index contributed by atoms with van der Waals surface area (Å²) in [6.07, 6.45) is 3.86.